The molecule has 0 bridgehead atoms. The summed E-state index contributed by atoms with van der Waals surface area (Å²) in [5.41, 5.74) is 0.668. The molecule has 1 N–H and O–H groups in total. The van der Waals surface area contributed by atoms with E-state index in [9.17, 15) is 24.8 Å². The van der Waals surface area contributed by atoms with Gasteiger partial charge in [-0.1, -0.05) is 19.4 Å². The van der Waals surface area contributed by atoms with E-state index in [1.807, 2.05) is 6.92 Å². The van der Waals surface area contributed by atoms with Crippen LogP contribution >= 0.6 is 0 Å². The summed E-state index contributed by atoms with van der Waals surface area (Å²) in [5.74, 6) is -1.81. The number of non-ortho nitro benzene ring substituents is 1. The van der Waals surface area contributed by atoms with E-state index in [2.05, 4.69) is 4.98 Å². The van der Waals surface area contributed by atoms with Gasteiger partial charge in [0.2, 0.25) is 0 Å². The molecule has 0 aliphatic carbocycles. The van der Waals surface area contributed by atoms with Gasteiger partial charge >= 0.3 is 0 Å². The molecule has 2 aromatic rings. The second-order valence-electron chi connectivity index (χ2n) is 6.44. The van der Waals surface area contributed by atoms with Crippen LogP contribution < -0.4 is 0 Å². The van der Waals surface area contributed by atoms with E-state index in [0.717, 1.165) is 6.42 Å². The first kappa shape index (κ1) is 19.2. The smallest absolute Gasteiger partial charge is 0.295 e. The fourth-order valence-corrected chi connectivity index (χ4v) is 3.22. The van der Waals surface area contributed by atoms with Crippen LogP contribution in [-0.2, 0) is 9.59 Å². The Morgan fingerprint density at radius 3 is 2.54 bits per heavy atom. The van der Waals surface area contributed by atoms with Crippen molar-refractivity contribution in [2.24, 2.45) is 0 Å². The van der Waals surface area contributed by atoms with Gasteiger partial charge in [0.25, 0.3) is 17.4 Å². The minimum atomic E-state index is -0.777. The highest BCUT2D eigenvalue weighted by atomic mass is 16.6. The summed E-state index contributed by atoms with van der Waals surface area (Å²) in [5, 5.41) is 21.6. The van der Waals surface area contributed by atoms with Crippen LogP contribution in [0.25, 0.3) is 5.76 Å². The number of carbonyl (C=O) groups is 2. The predicted molar refractivity (Wildman–Crippen MR) is 101 cm³/mol. The molecular weight excluding hydrogens is 362 g/mol. The van der Waals surface area contributed by atoms with Crippen LogP contribution in [0.1, 0.15) is 36.9 Å². The van der Waals surface area contributed by atoms with Gasteiger partial charge in [0.05, 0.1) is 16.5 Å². The standard InChI is InChI=1S/C20H19N3O5/c1-2-3-11-22-17(14-5-4-10-21-12-14)16(19(25)20(22)26)18(24)13-6-8-15(9-7-13)23(27)28/h4-10,12,17,24H,2-3,11H2,1H3/b18-16-. The number of hydrogen-bond acceptors (Lipinski definition) is 6. The van der Waals surface area contributed by atoms with Crippen molar-refractivity contribution in [1.82, 2.24) is 9.88 Å². The number of likely N-dealkylation sites (tertiary alicyclic amines) is 1. The van der Waals surface area contributed by atoms with Crippen molar-refractivity contribution in [3.05, 3.63) is 75.6 Å². The molecule has 1 amide bonds. The molecule has 1 aliphatic heterocycles. The van der Waals surface area contributed by atoms with Crippen molar-refractivity contribution in [2.45, 2.75) is 25.8 Å². The molecule has 1 unspecified atom stereocenters. The van der Waals surface area contributed by atoms with E-state index >= 15 is 0 Å². The quantitative estimate of drug-likeness (QED) is 0.270. The molecule has 144 valence electrons. The summed E-state index contributed by atoms with van der Waals surface area (Å²) >= 11 is 0. The molecule has 3 rings (SSSR count). The fourth-order valence-electron chi connectivity index (χ4n) is 3.22. The molecule has 0 saturated carbocycles. The number of aliphatic hydroxyl groups excluding tert-OH is 1. The second kappa shape index (κ2) is 7.99. The summed E-state index contributed by atoms with van der Waals surface area (Å²) in [6.45, 7) is 2.35. The van der Waals surface area contributed by atoms with Crippen LogP contribution in [0.4, 0.5) is 5.69 Å². The van der Waals surface area contributed by atoms with Gasteiger partial charge in [-0.05, 0) is 30.2 Å². The molecule has 1 atom stereocenters. The normalized spacial score (nSPS) is 18.5. The zero-order valence-electron chi connectivity index (χ0n) is 15.2. The largest absolute Gasteiger partial charge is 0.507 e. The molecular formula is C20H19N3O5. The highest BCUT2D eigenvalue weighted by Crippen LogP contribution is 2.39. The van der Waals surface area contributed by atoms with Crippen molar-refractivity contribution in [1.29, 1.82) is 0 Å². The lowest BCUT2D eigenvalue weighted by Crippen LogP contribution is -2.30. The van der Waals surface area contributed by atoms with Gasteiger partial charge in [-0.3, -0.25) is 24.7 Å². The lowest BCUT2D eigenvalue weighted by molar-refractivity contribution is -0.384. The number of rotatable bonds is 6. The predicted octanol–water partition coefficient (Wildman–Crippen LogP) is 3.21. The van der Waals surface area contributed by atoms with Gasteiger partial charge < -0.3 is 10.0 Å². The first-order valence-electron chi connectivity index (χ1n) is 8.88. The molecule has 1 aromatic heterocycles. The number of nitrogens with zero attached hydrogens (tertiary/aromatic N) is 3. The summed E-state index contributed by atoms with van der Waals surface area (Å²) in [6, 6.07) is 7.87. The fraction of sp³-hybridized carbons (Fsp3) is 0.250. The van der Waals surface area contributed by atoms with E-state index in [-0.39, 0.29) is 22.6 Å². The number of pyridine rings is 1. The third-order valence-corrected chi connectivity index (χ3v) is 4.64. The number of amides is 1. The minimum absolute atomic E-state index is 0.0389. The van der Waals surface area contributed by atoms with Crippen LogP contribution in [0, 0.1) is 10.1 Å². The Morgan fingerprint density at radius 1 is 1.25 bits per heavy atom. The second-order valence-corrected chi connectivity index (χ2v) is 6.44. The van der Waals surface area contributed by atoms with Crippen LogP contribution in [-0.4, -0.2) is 38.1 Å². The Morgan fingerprint density at radius 2 is 1.96 bits per heavy atom. The number of nitro groups is 1. The van der Waals surface area contributed by atoms with Gasteiger partial charge in [-0.15, -0.1) is 0 Å². The Balaban J connectivity index is 2.11. The van der Waals surface area contributed by atoms with Crippen molar-refractivity contribution >= 4 is 23.1 Å². The third-order valence-electron chi connectivity index (χ3n) is 4.64. The Hall–Kier alpha value is -3.55. The molecule has 8 nitrogen and oxygen atoms in total. The van der Waals surface area contributed by atoms with Crippen molar-refractivity contribution in [2.75, 3.05) is 6.54 Å². The van der Waals surface area contributed by atoms with E-state index in [4.69, 9.17) is 0 Å². The number of Topliss-reactive ketones (excluding diaryl/α,β-unsaturated/α-hetero) is 1. The van der Waals surface area contributed by atoms with Gasteiger partial charge in [0.1, 0.15) is 5.76 Å². The number of aromatic nitrogens is 1. The zero-order chi connectivity index (χ0) is 20.3. The molecule has 1 saturated heterocycles. The number of aliphatic hydroxyl groups is 1. The molecule has 2 heterocycles. The first-order valence-corrected chi connectivity index (χ1v) is 8.88. The molecule has 0 radical (unpaired) electrons. The van der Waals surface area contributed by atoms with Crippen LogP contribution in [0.5, 0.6) is 0 Å². The van der Waals surface area contributed by atoms with E-state index in [0.29, 0.717) is 18.5 Å². The monoisotopic (exact) mass is 381 g/mol. The van der Waals surface area contributed by atoms with Crippen molar-refractivity contribution in [3.63, 3.8) is 0 Å². The Kier molecular flexibility index (Phi) is 5.49. The van der Waals surface area contributed by atoms with Gasteiger partial charge in [-0.25, -0.2) is 0 Å². The van der Waals surface area contributed by atoms with E-state index in [1.165, 1.54) is 29.2 Å². The number of nitro benzene ring substituents is 1. The highest BCUT2D eigenvalue weighted by molar-refractivity contribution is 6.46. The molecule has 1 fully saturated rings. The highest BCUT2D eigenvalue weighted by Gasteiger charge is 2.45. The summed E-state index contributed by atoms with van der Waals surface area (Å²) in [7, 11) is 0. The summed E-state index contributed by atoms with van der Waals surface area (Å²) < 4.78 is 0. The van der Waals surface area contributed by atoms with Gasteiger partial charge in [0, 0.05) is 36.6 Å². The van der Waals surface area contributed by atoms with Gasteiger partial charge in [0.15, 0.2) is 0 Å². The molecule has 28 heavy (non-hydrogen) atoms. The maximum atomic E-state index is 12.7. The Labute approximate surface area is 161 Å². The van der Waals surface area contributed by atoms with Crippen molar-refractivity contribution < 1.29 is 19.6 Å². The maximum absolute atomic E-state index is 12.7. The lowest BCUT2D eigenvalue weighted by atomic mass is 9.96. The number of unbranched alkanes of at least 4 members (excludes halogenated alkanes) is 1. The molecule has 1 aromatic carbocycles. The van der Waals surface area contributed by atoms with Crippen molar-refractivity contribution in [3.8, 4) is 0 Å². The molecule has 1 aliphatic rings. The maximum Gasteiger partial charge on any atom is 0.295 e. The average Bonchev–Trinajstić information content (AvgIpc) is 2.97. The molecule has 8 heteroatoms. The zero-order valence-corrected chi connectivity index (χ0v) is 15.2. The number of carbonyl (C=O) groups excluding carboxylic acids is 2. The summed E-state index contributed by atoms with van der Waals surface area (Å²) in [6.07, 6.45) is 4.68. The number of hydrogen-bond donors (Lipinski definition) is 1. The van der Waals surface area contributed by atoms with Crippen LogP contribution in [0.3, 0.4) is 0 Å². The molecule has 0 spiro atoms. The SMILES string of the molecule is CCCCN1C(=O)C(=O)/C(=C(\O)c2ccc([N+](=O)[O-])cc2)C1c1cccnc1. The summed E-state index contributed by atoms with van der Waals surface area (Å²) in [4.78, 5) is 41.1. The topological polar surface area (TPSA) is 114 Å². The lowest BCUT2D eigenvalue weighted by Gasteiger charge is -2.24. The van der Waals surface area contributed by atoms with Crippen LogP contribution in [0.2, 0.25) is 0 Å². The first-order chi connectivity index (χ1) is 13.5. The Bertz CT molecular complexity index is 938. The van der Waals surface area contributed by atoms with E-state index < -0.39 is 22.7 Å². The number of benzene rings is 1. The van der Waals surface area contributed by atoms with Crippen LogP contribution in [0.15, 0.2) is 54.4 Å². The van der Waals surface area contributed by atoms with Gasteiger partial charge in [-0.2, -0.15) is 0 Å². The third kappa shape index (κ3) is 3.48. The van der Waals surface area contributed by atoms with E-state index in [1.54, 1.807) is 24.5 Å². The minimum Gasteiger partial charge on any atom is -0.507 e. The number of ketones is 1. The average molecular weight is 381 g/mol.